The molecule has 0 aromatic heterocycles. The van der Waals surface area contributed by atoms with Crippen molar-refractivity contribution in [2.24, 2.45) is 5.92 Å². The van der Waals surface area contributed by atoms with E-state index < -0.39 is 0 Å². The molecule has 0 spiro atoms. The number of hydrogen-bond donors (Lipinski definition) is 1. The summed E-state index contributed by atoms with van der Waals surface area (Å²) in [7, 11) is 0. The minimum Gasteiger partial charge on any atom is -0.508 e. The Kier molecular flexibility index (Phi) is 4.44. The summed E-state index contributed by atoms with van der Waals surface area (Å²) in [6, 6.07) is 3.78. The van der Waals surface area contributed by atoms with Crippen LogP contribution >= 0.6 is 0 Å². The van der Waals surface area contributed by atoms with Crippen LogP contribution in [0.5, 0.6) is 11.5 Å². The van der Waals surface area contributed by atoms with Gasteiger partial charge in [-0.05, 0) is 62.7 Å². The number of fused-ring (bicyclic) bond motifs is 3. The van der Waals surface area contributed by atoms with Crippen molar-refractivity contribution >= 4 is 0 Å². The maximum absolute atomic E-state index is 10.1. The topological polar surface area (TPSA) is 29.5 Å². The van der Waals surface area contributed by atoms with E-state index in [2.05, 4.69) is 33.8 Å². The van der Waals surface area contributed by atoms with Crippen molar-refractivity contribution in [3.05, 3.63) is 34.9 Å². The zero-order valence-corrected chi connectivity index (χ0v) is 15.0. The van der Waals surface area contributed by atoms with Gasteiger partial charge in [0, 0.05) is 17.5 Å². The van der Waals surface area contributed by atoms with Crippen molar-refractivity contribution in [1.82, 2.24) is 0 Å². The summed E-state index contributed by atoms with van der Waals surface area (Å²) in [5.41, 5.74) is 3.79. The van der Waals surface area contributed by atoms with Crippen LogP contribution in [0.4, 0.5) is 0 Å². The fourth-order valence-corrected chi connectivity index (χ4v) is 4.29. The molecule has 0 fully saturated rings. The lowest BCUT2D eigenvalue weighted by molar-refractivity contribution is 0.117. The van der Waals surface area contributed by atoms with Crippen molar-refractivity contribution in [3.63, 3.8) is 0 Å². The second-order valence-corrected chi connectivity index (χ2v) is 7.87. The van der Waals surface area contributed by atoms with E-state index >= 15 is 0 Å². The number of aromatic hydroxyl groups is 1. The quantitative estimate of drug-likeness (QED) is 0.567. The number of unbranched alkanes of at least 4 members (excludes halogenated alkanes) is 2. The van der Waals surface area contributed by atoms with Crippen LogP contribution in [-0.4, -0.2) is 10.7 Å². The zero-order chi connectivity index (χ0) is 16.6. The van der Waals surface area contributed by atoms with Gasteiger partial charge in [-0.15, -0.1) is 0 Å². The van der Waals surface area contributed by atoms with E-state index in [-0.39, 0.29) is 5.60 Å². The summed E-state index contributed by atoms with van der Waals surface area (Å²) in [5.74, 6) is 2.40. The molecule has 0 radical (unpaired) electrons. The highest BCUT2D eigenvalue weighted by Crippen LogP contribution is 2.52. The van der Waals surface area contributed by atoms with E-state index in [4.69, 9.17) is 4.74 Å². The van der Waals surface area contributed by atoms with E-state index in [1.165, 1.54) is 42.4 Å². The molecule has 2 heteroatoms. The molecule has 1 N–H and O–H groups in total. The largest absolute Gasteiger partial charge is 0.508 e. The Morgan fingerprint density at radius 3 is 2.78 bits per heavy atom. The number of ether oxygens (including phenoxy) is 1. The summed E-state index contributed by atoms with van der Waals surface area (Å²) in [6.45, 7) is 8.89. The van der Waals surface area contributed by atoms with Gasteiger partial charge >= 0.3 is 0 Å². The van der Waals surface area contributed by atoms with Crippen LogP contribution in [0.15, 0.2) is 23.8 Å². The summed E-state index contributed by atoms with van der Waals surface area (Å²) < 4.78 is 6.32. The van der Waals surface area contributed by atoms with Gasteiger partial charge in [0.1, 0.15) is 17.1 Å². The van der Waals surface area contributed by atoms with Gasteiger partial charge in [0.15, 0.2) is 0 Å². The second-order valence-electron chi connectivity index (χ2n) is 7.87. The molecule has 1 aliphatic carbocycles. The van der Waals surface area contributed by atoms with Gasteiger partial charge in [0.25, 0.3) is 0 Å². The third-order valence-electron chi connectivity index (χ3n) is 5.42. The number of phenolic OH excluding ortho intramolecular Hbond substituents is 1. The lowest BCUT2D eigenvalue weighted by Crippen LogP contribution is -2.40. The highest BCUT2D eigenvalue weighted by molar-refractivity contribution is 5.55. The third-order valence-corrected chi connectivity index (χ3v) is 5.42. The highest BCUT2D eigenvalue weighted by atomic mass is 16.5. The molecule has 1 aromatic carbocycles. The van der Waals surface area contributed by atoms with Gasteiger partial charge < -0.3 is 9.84 Å². The second kappa shape index (κ2) is 6.22. The number of aryl methyl sites for hydroxylation is 1. The Labute approximate surface area is 140 Å². The first-order valence-electron chi connectivity index (χ1n) is 9.17. The smallest absolute Gasteiger partial charge is 0.128 e. The Balaban J connectivity index is 2.06. The molecule has 0 saturated heterocycles. The molecule has 1 aliphatic heterocycles. The molecule has 1 aromatic rings. The predicted octanol–water partition coefficient (Wildman–Crippen LogP) is 5.74. The number of phenols is 1. The van der Waals surface area contributed by atoms with Gasteiger partial charge in [-0.25, -0.2) is 0 Å². The van der Waals surface area contributed by atoms with Crippen LogP contribution in [0.3, 0.4) is 0 Å². The van der Waals surface area contributed by atoms with Crippen molar-refractivity contribution in [1.29, 1.82) is 0 Å². The normalized spacial score (nSPS) is 25.1. The first kappa shape index (κ1) is 16.4. The summed E-state index contributed by atoms with van der Waals surface area (Å²) >= 11 is 0. The highest BCUT2D eigenvalue weighted by Gasteiger charge is 2.41. The molecular formula is C21H30O2. The van der Waals surface area contributed by atoms with E-state index in [0.29, 0.717) is 17.6 Å². The lowest BCUT2D eigenvalue weighted by Gasteiger charge is -2.44. The van der Waals surface area contributed by atoms with Crippen molar-refractivity contribution < 1.29 is 9.84 Å². The first-order chi connectivity index (χ1) is 10.9. The Hall–Kier alpha value is -1.44. The van der Waals surface area contributed by atoms with Gasteiger partial charge in [0.05, 0.1) is 0 Å². The summed E-state index contributed by atoms with van der Waals surface area (Å²) in [5, 5.41) is 10.1. The molecule has 3 rings (SSSR count). The molecule has 126 valence electrons. The molecule has 1 heterocycles. The van der Waals surface area contributed by atoms with Gasteiger partial charge in [-0.3, -0.25) is 0 Å². The molecule has 2 unspecified atom stereocenters. The Bertz CT molecular complexity index is 613. The Morgan fingerprint density at radius 2 is 2.04 bits per heavy atom. The average Bonchev–Trinajstić information content (AvgIpc) is 2.45. The summed E-state index contributed by atoms with van der Waals surface area (Å²) in [4.78, 5) is 0. The van der Waals surface area contributed by atoms with Crippen molar-refractivity contribution in [2.45, 2.75) is 77.7 Å². The monoisotopic (exact) mass is 314 g/mol. The first-order valence-corrected chi connectivity index (χ1v) is 9.17. The van der Waals surface area contributed by atoms with Crippen molar-refractivity contribution in [3.8, 4) is 11.5 Å². The summed E-state index contributed by atoms with van der Waals surface area (Å²) in [6.07, 6.45) is 9.42. The fraction of sp³-hybridized carbons (Fsp3) is 0.619. The zero-order valence-electron chi connectivity index (χ0n) is 15.0. The predicted molar refractivity (Wildman–Crippen MR) is 95.3 cm³/mol. The van der Waals surface area contributed by atoms with Gasteiger partial charge in [-0.2, -0.15) is 0 Å². The molecule has 23 heavy (non-hydrogen) atoms. The van der Waals surface area contributed by atoms with Crippen LogP contribution in [-0.2, 0) is 6.42 Å². The van der Waals surface area contributed by atoms with E-state index in [1.807, 2.05) is 12.1 Å². The molecule has 0 bridgehead atoms. The average molecular weight is 314 g/mol. The number of rotatable bonds is 4. The van der Waals surface area contributed by atoms with Crippen LogP contribution < -0.4 is 4.74 Å². The SMILES string of the molecule is CCCCCc1cc(O)cc2c1C1CC(C)CC=C1C(C)(C)O2. The van der Waals surface area contributed by atoms with E-state index in [9.17, 15) is 5.11 Å². The number of allylic oxidation sites excluding steroid dienone is 1. The number of hydrogen-bond acceptors (Lipinski definition) is 2. The van der Waals surface area contributed by atoms with Crippen LogP contribution in [0.1, 0.15) is 76.8 Å². The standard InChI is InChI=1S/C21H30O2/c1-5-6-7-8-15-12-16(22)13-19-20(15)17-11-14(2)9-10-18(17)21(3,4)23-19/h10,12-14,17,22H,5-9,11H2,1-4H3. The minimum atomic E-state index is -0.272. The molecule has 2 atom stereocenters. The van der Waals surface area contributed by atoms with Gasteiger partial charge in [0.2, 0.25) is 0 Å². The van der Waals surface area contributed by atoms with Crippen LogP contribution in [0.25, 0.3) is 0 Å². The van der Waals surface area contributed by atoms with E-state index in [1.54, 1.807) is 0 Å². The molecule has 2 aliphatic rings. The number of benzene rings is 1. The molecule has 0 saturated carbocycles. The van der Waals surface area contributed by atoms with Gasteiger partial charge in [-0.1, -0.05) is 32.8 Å². The molecule has 0 amide bonds. The lowest BCUT2D eigenvalue weighted by atomic mass is 9.69. The maximum atomic E-state index is 10.1. The molecule has 2 nitrogen and oxygen atoms in total. The molecular weight excluding hydrogens is 284 g/mol. The Morgan fingerprint density at radius 1 is 1.26 bits per heavy atom. The van der Waals surface area contributed by atoms with Crippen molar-refractivity contribution in [2.75, 3.05) is 0 Å². The van der Waals surface area contributed by atoms with Crippen LogP contribution in [0.2, 0.25) is 0 Å². The minimum absolute atomic E-state index is 0.272. The maximum Gasteiger partial charge on any atom is 0.128 e. The van der Waals surface area contributed by atoms with Crippen LogP contribution in [0, 0.1) is 5.92 Å². The fourth-order valence-electron chi connectivity index (χ4n) is 4.29. The van der Waals surface area contributed by atoms with E-state index in [0.717, 1.165) is 18.6 Å². The third kappa shape index (κ3) is 3.13.